The molecule has 1 aliphatic carbocycles. The van der Waals surface area contributed by atoms with Gasteiger partial charge in [0.2, 0.25) is 5.91 Å². The van der Waals surface area contributed by atoms with Gasteiger partial charge in [0, 0.05) is 23.6 Å². The summed E-state index contributed by atoms with van der Waals surface area (Å²) in [6, 6.07) is 12.3. The van der Waals surface area contributed by atoms with E-state index in [1.807, 2.05) is 12.1 Å². The molecule has 2 aromatic rings. The smallest absolute Gasteiger partial charge is 0.323 e. The largest absolute Gasteiger partial charge is 0.392 e. The molecule has 3 amide bonds. The molecule has 0 spiro atoms. The van der Waals surface area contributed by atoms with Gasteiger partial charge in [0.05, 0.1) is 12.1 Å². The zero-order chi connectivity index (χ0) is 20.2. The van der Waals surface area contributed by atoms with E-state index in [2.05, 4.69) is 27.3 Å². The Morgan fingerprint density at radius 2 is 1.70 bits per heavy atom. The fraction of sp³-hybridized carbons (Fsp3) is 0.364. The van der Waals surface area contributed by atoms with Crippen molar-refractivity contribution in [2.45, 2.75) is 44.2 Å². The number of carbonyl (C=O) groups is 2. The normalized spacial score (nSPS) is 19.9. The van der Waals surface area contributed by atoms with Crippen molar-refractivity contribution in [2.75, 3.05) is 22.5 Å². The first kappa shape index (κ1) is 22.1. The van der Waals surface area contributed by atoms with E-state index in [0.29, 0.717) is 24.3 Å². The van der Waals surface area contributed by atoms with Crippen molar-refractivity contribution in [2.24, 2.45) is 0 Å². The van der Waals surface area contributed by atoms with E-state index < -0.39 is 12.1 Å². The second-order valence-electron chi connectivity index (χ2n) is 7.65. The first-order valence-corrected chi connectivity index (χ1v) is 10.1. The summed E-state index contributed by atoms with van der Waals surface area (Å²) >= 11 is 0. The Hall–Kier alpha value is -2.61. The van der Waals surface area contributed by atoms with E-state index in [1.54, 1.807) is 24.3 Å². The lowest BCUT2D eigenvalue weighted by Gasteiger charge is -2.19. The van der Waals surface area contributed by atoms with Gasteiger partial charge in [-0.15, -0.1) is 12.4 Å². The van der Waals surface area contributed by atoms with Crippen molar-refractivity contribution in [1.29, 1.82) is 0 Å². The molecule has 30 heavy (non-hydrogen) atoms. The topological polar surface area (TPSA) is 102 Å². The van der Waals surface area contributed by atoms with Crippen molar-refractivity contribution >= 4 is 41.4 Å². The molecule has 0 bridgehead atoms. The van der Waals surface area contributed by atoms with Crippen LogP contribution in [-0.4, -0.2) is 35.7 Å². The van der Waals surface area contributed by atoms with E-state index in [4.69, 9.17) is 0 Å². The average Bonchev–Trinajstić information content (AvgIpc) is 3.15. The molecule has 1 saturated heterocycles. The van der Waals surface area contributed by atoms with E-state index in [1.165, 1.54) is 17.5 Å². The minimum Gasteiger partial charge on any atom is -0.392 e. The highest BCUT2D eigenvalue weighted by Crippen LogP contribution is 2.28. The van der Waals surface area contributed by atoms with Gasteiger partial charge in [0.15, 0.2) is 0 Å². The summed E-state index contributed by atoms with van der Waals surface area (Å²) in [5.41, 5.74) is 4.57. The van der Waals surface area contributed by atoms with Gasteiger partial charge in [-0.25, -0.2) is 4.79 Å². The summed E-state index contributed by atoms with van der Waals surface area (Å²) < 4.78 is 0. The van der Waals surface area contributed by atoms with E-state index in [0.717, 1.165) is 24.9 Å². The molecule has 1 aliphatic heterocycles. The molecule has 2 aliphatic rings. The number of halogens is 1. The molecule has 0 aromatic heterocycles. The molecular weight excluding hydrogens is 404 g/mol. The SMILES string of the molecule is Cl.O=C(Nc1cccc(NC(=O)C2CC(O)CN2)c1)Nc1cccc2c1CCCC2. The number of nitrogens with one attached hydrogen (secondary N) is 4. The monoisotopic (exact) mass is 430 g/mol. The number of aliphatic hydroxyl groups is 1. The highest BCUT2D eigenvalue weighted by Gasteiger charge is 2.28. The van der Waals surface area contributed by atoms with Crippen molar-refractivity contribution in [3.05, 3.63) is 53.6 Å². The molecule has 160 valence electrons. The van der Waals surface area contributed by atoms with Crippen LogP contribution in [0.4, 0.5) is 21.9 Å². The van der Waals surface area contributed by atoms with Crippen LogP contribution in [0.5, 0.6) is 0 Å². The second kappa shape index (κ2) is 9.93. The van der Waals surface area contributed by atoms with E-state index >= 15 is 0 Å². The Morgan fingerprint density at radius 3 is 2.47 bits per heavy atom. The molecule has 1 heterocycles. The summed E-state index contributed by atoms with van der Waals surface area (Å²) in [6.45, 7) is 0.420. The number of benzene rings is 2. The fourth-order valence-electron chi connectivity index (χ4n) is 4.00. The molecule has 2 unspecified atom stereocenters. The third kappa shape index (κ3) is 5.30. The van der Waals surface area contributed by atoms with Crippen molar-refractivity contribution < 1.29 is 14.7 Å². The van der Waals surface area contributed by atoms with Crippen molar-refractivity contribution in [3.63, 3.8) is 0 Å². The number of β-amino-alcohol motifs (C(OH)–C–C–N with tert-alkyl or cyclic N) is 1. The van der Waals surface area contributed by atoms with Crippen LogP contribution >= 0.6 is 12.4 Å². The lowest BCUT2D eigenvalue weighted by molar-refractivity contribution is -0.117. The van der Waals surface area contributed by atoms with Gasteiger partial charge in [0.1, 0.15) is 0 Å². The summed E-state index contributed by atoms with van der Waals surface area (Å²) in [6.07, 6.45) is 4.27. The van der Waals surface area contributed by atoms with Gasteiger partial charge in [-0.05, 0) is 67.5 Å². The minimum atomic E-state index is -0.494. The van der Waals surface area contributed by atoms with Crippen molar-refractivity contribution in [1.82, 2.24) is 5.32 Å². The van der Waals surface area contributed by atoms with Gasteiger partial charge < -0.3 is 26.4 Å². The third-order valence-electron chi connectivity index (χ3n) is 5.46. The van der Waals surface area contributed by atoms with E-state index in [9.17, 15) is 14.7 Å². The van der Waals surface area contributed by atoms with Gasteiger partial charge in [-0.2, -0.15) is 0 Å². The van der Waals surface area contributed by atoms with Crippen LogP contribution in [0.15, 0.2) is 42.5 Å². The molecule has 8 heteroatoms. The standard InChI is InChI=1S/C22H26N4O3.ClH/c27-17-12-20(23-13-17)21(28)24-15-7-4-8-16(11-15)25-22(29)26-19-10-3-6-14-5-1-2-9-18(14)19;/h3-4,6-8,10-11,17,20,23,27H,1-2,5,9,12-13H2,(H,24,28)(H2,25,26,29);1H. The predicted octanol–water partition coefficient (Wildman–Crippen LogP) is 3.29. The summed E-state index contributed by atoms with van der Waals surface area (Å²) in [5.74, 6) is -0.195. The number of fused-ring (bicyclic) bond motifs is 1. The quantitative estimate of drug-likeness (QED) is 0.513. The average molecular weight is 431 g/mol. The number of hydrogen-bond acceptors (Lipinski definition) is 4. The van der Waals surface area contributed by atoms with Crippen LogP contribution in [0, 0.1) is 0 Å². The highest BCUT2D eigenvalue weighted by atomic mass is 35.5. The van der Waals surface area contributed by atoms with Gasteiger partial charge in [-0.3, -0.25) is 4.79 Å². The van der Waals surface area contributed by atoms with Gasteiger partial charge in [-0.1, -0.05) is 18.2 Å². The molecule has 1 fully saturated rings. The number of rotatable bonds is 4. The van der Waals surface area contributed by atoms with Crippen molar-refractivity contribution in [3.8, 4) is 0 Å². The molecule has 4 rings (SSSR count). The molecule has 2 atom stereocenters. The predicted molar refractivity (Wildman–Crippen MR) is 120 cm³/mol. The molecule has 0 saturated carbocycles. The van der Waals surface area contributed by atoms with Crippen LogP contribution in [0.3, 0.4) is 0 Å². The maximum Gasteiger partial charge on any atom is 0.323 e. The zero-order valence-corrected chi connectivity index (χ0v) is 17.4. The third-order valence-corrected chi connectivity index (χ3v) is 5.46. The number of urea groups is 1. The zero-order valence-electron chi connectivity index (χ0n) is 16.6. The first-order chi connectivity index (χ1) is 14.1. The summed E-state index contributed by atoms with van der Waals surface area (Å²) in [7, 11) is 0. The lowest BCUT2D eigenvalue weighted by atomic mass is 9.90. The Kier molecular flexibility index (Phi) is 7.31. The number of carbonyl (C=O) groups excluding carboxylic acids is 2. The maximum atomic E-state index is 12.5. The number of amides is 3. The molecule has 2 aromatic carbocycles. The second-order valence-corrected chi connectivity index (χ2v) is 7.65. The number of hydrogen-bond donors (Lipinski definition) is 5. The summed E-state index contributed by atoms with van der Waals surface area (Å²) in [5, 5.41) is 21.1. The fourth-order valence-corrected chi connectivity index (χ4v) is 4.00. The lowest BCUT2D eigenvalue weighted by Crippen LogP contribution is -2.35. The Bertz CT molecular complexity index is 921. The number of aliphatic hydroxyl groups excluding tert-OH is 1. The number of aryl methyl sites for hydroxylation is 1. The number of anilines is 3. The van der Waals surface area contributed by atoms with E-state index in [-0.39, 0.29) is 24.3 Å². The van der Waals surface area contributed by atoms with Crippen LogP contribution < -0.4 is 21.3 Å². The van der Waals surface area contributed by atoms with Crippen LogP contribution in [0.2, 0.25) is 0 Å². The minimum absolute atomic E-state index is 0. The molecular formula is C22H27ClN4O3. The molecule has 5 N–H and O–H groups in total. The van der Waals surface area contributed by atoms with Crippen LogP contribution in [0.25, 0.3) is 0 Å². The van der Waals surface area contributed by atoms with Gasteiger partial charge >= 0.3 is 6.03 Å². The summed E-state index contributed by atoms with van der Waals surface area (Å²) in [4.78, 5) is 24.8. The van der Waals surface area contributed by atoms with Crippen LogP contribution in [0.1, 0.15) is 30.4 Å². The Morgan fingerprint density at radius 1 is 0.967 bits per heavy atom. The first-order valence-electron chi connectivity index (χ1n) is 10.1. The molecule has 7 nitrogen and oxygen atoms in total. The Labute approximate surface area is 182 Å². The van der Waals surface area contributed by atoms with Crippen LogP contribution in [-0.2, 0) is 17.6 Å². The maximum absolute atomic E-state index is 12.5. The Balaban J connectivity index is 0.00000256. The van der Waals surface area contributed by atoms with Gasteiger partial charge in [0.25, 0.3) is 0 Å². The molecule has 0 radical (unpaired) electrons. The highest BCUT2D eigenvalue weighted by molar-refractivity contribution is 6.01.